The zero-order chi connectivity index (χ0) is 25.2. The molecule has 0 spiro atoms. The molecule has 0 radical (unpaired) electrons. The normalized spacial score (nSPS) is 13.2. The van der Waals surface area contributed by atoms with Gasteiger partial charge in [0.05, 0.1) is 52.5 Å². The second-order valence-electron chi connectivity index (χ2n) is 8.16. The summed E-state index contributed by atoms with van der Waals surface area (Å²) in [4.78, 5) is 27.0. The van der Waals surface area contributed by atoms with E-state index in [0.29, 0.717) is 54.0 Å². The van der Waals surface area contributed by atoms with Gasteiger partial charge in [-0.2, -0.15) is 20.3 Å². The summed E-state index contributed by atoms with van der Waals surface area (Å²) >= 11 is 0. The molecule has 10 heteroatoms. The number of aromatic nitrogens is 2. The SMILES string of the molecule is N#Cc1cc(C#N)cc(-c2nn(-c3cc(N4CCOCC4)ccc3[N+](=O)[O-])c(=O)c3ccccc23)c1. The van der Waals surface area contributed by atoms with Crippen LogP contribution in [0.2, 0.25) is 0 Å². The Kier molecular flexibility index (Phi) is 5.87. The van der Waals surface area contributed by atoms with Gasteiger partial charge in [-0.15, -0.1) is 0 Å². The zero-order valence-electron chi connectivity index (χ0n) is 18.9. The van der Waals surface area contributed by atoms with Crippen molar-refractivity contribution in [2.45, 2.75) is 0 Å². The molecule has 0 aliphatic carbocycles. The summed E-state index contributed by atoms with van der Waals surface area (Å²) in [6.45, 7) is 2.28. The fraction of sp³-hybridized carbons (Fsp3) is 0.154. The third-order valence-electron chi connectivity index (χ3n) is 6.03. The van der Waals surface area contributed by atoms with Gasteiger partial charge in [0.15, 0.2) is 0 Å². The van der Waals surface area contributed by atoms with Crippen LogP contribution in [0.5, 0.6) is 0 Å². The third kappa shape index (κ3) is 4.02. The Morgan fingerprint density at radius 2 is 1.61 bits per heavy atom. The van der Waals surface area contributed by atoms with E-state index in [-0.39, 0.29) is 22.5 Å². The molecule has 0 amide bonds. The fourth-order valence-corrected chi connectivity index (χ4v) is 4.31. The van der Waals surface area contributed by atoms with Crippen molar-refractivity contribution in [3.63, 3.8) is 0 Å². The number of hydrogen-bond acceptors (Lipinski definition) is 8. The molecule has 0 bridgehead atoms. The quantitative estimate of drug-likeness (QED) is 0.321. The lowest BCUT2D eigenvalue weighted by Gasteiger charge is -2.29. The largest absolute Gasteiger partial charge is 0.378 e. The van der Waals surface area contributed by atoms with E-state index in [2.05, 4.69) is 5.10 Å². The van der Waals surface area contributed by atoms with Gasteiger partial charge < -0.3 is 9.64 Å². The molecule has 0 atom stereocenters. The first-order valence-electron chi connectivity index (χ1n) is 11.1. The molecule has 36 heavy (non-hydrogen) atoms. The average Bonchev–Trinajstić information content (AvgIpc) is 2.93. The monoisotopic (exact) mass is 478 g/mol. The van der Waals surface area contributed by atoms with Crippen molar-refractivity contribution in [2.24, 2.45) is 0 Å². The first kappa shape index (κ1) is 22.7. The van der Waals surface area contributed by atoms with Crippen molar-refractivity contribution >= 4 is 22.1 Å². The Bertz CT molecular complexity index is 1630. The van der Waals surface area contributed by atoms with Crippen molar-refractivity contribution in [1.82, 2.24) is 9.78 Å². The lowest BCUT2D eigenvalue weighted by molar-refractivity contribution is -0.384. The molecule has 4 aromatic rings. The van der Waals surface area contributed by atoms with Crippen LogP contribution in [0.4, 0.5) is 11.4 Å². The molecule has 10 nitrogen and oxygen atoms in total. The number of nitro groups is 1. The molecule has 176 valence electrons. The number of ether oxygens (including phenoxy) is 1. The maximum absolute atomic E-state index is 13.6. The number of nitriles is 2. The Hall–Kier alpha value is -5.06. The van der Waals surface area contributed by atoms with Gasteiger partial charge in [-0.1, -0.05) is 18.2 Å². The van der Waals surface area contributed by atoms with Gasteiger partial charge in [-0.05, 0) is 36.4 Å². The number of benzene rings is 3. The molecule has 0 N–H and O–H groups in total. The van der Waals surface area contributed by atoms with E-state index in [9.17, 15) is 25.4 Å². The van der Waals surface area contributed by atoms with E-state index in [1.165, 1.54) is 12.1 Å². The Labute approximate surface area is 205 Å². The highest BCUT2D eigenvalue weighted by Gasteiger charge is 2.23. The van der Waals surface area contributed by atoms with Crippen LogP contribution in [0.25, 0.3) is 27.7 Å². The Morgan fingerprint density at radius 1 is 0.944 bits per heavy atom. The van der Waals surface area contributed by atoms with E-state index < -0.39 is 10.5 Å². The summed E-state index contributed by atoms with van der Waals surface area (Å²) in [6, 6.07) is 20.1. The van der Waals surface area contributed by atoms with Crippen molar-refractivity contribution in [2.75, 3.05) is 31.2 Å². The summed E-state index contributed by atoms with van der Waals surface area (Å²) < 4.78 is 6.44. The minimum atomic E-state index is -0.550. The van der Waals surface area contributed by atoms with Gasteiger partial charge in [0.25, 0.3) is 11.2 Å². The van der Waals surface area contributed by atoms with E-state index in [4.69, 9.17) is 4.74 Å². The molecule has 2 heterocycles. The number of fused-ring (bicyclic) bond motifs is 1. The van der Waals surface area contributed by atoms with Crippen LogP contribution in [0.1, 0.15) is 11.1 Å². The first-order chi connectivity index (χ1) is 17.5. The number of hydrogen-bond donors (Lipinski definition) is 0. The Morgan fingerprint density at radius 3 is 2.25 bits per heavy atom. The predicted molar refractivity (Wildman–Crippen MR) is 132 cm³/mol. The average molecular weight is 478 g/mol. The number of nitrogens with zero attached hydrogens (tertiary/aromatic N) is 6. The maximum atomic E-state index is 13.6. The van der Waals surface area contributed by atoms with Crippen molar-refractivity contribution < 1.29 is 9.66 Å². The van der Waals surface area contributed by atoms with Crippen molar-refractivity contribution in [3.8, 4) is 29.1 Å². The van der Waals surface area contributed by atoms with Crippen molar-refractivity contribution in [1.29, 1.82) is 10.5 Å². The third-order valence-corrected chi connectivity index (χ3v) is 6.03. The second-order valence-corrected chi connectivity index (χ2v) is 8.16. The molecule has 0 saturated carbocycles. The van der Waals surface area contributed by atoms with Crippen molar-refractivity contribution in [3.05, 3.63) is 92.3 Å². The van der Waals surface area contributed by atoms with Crippen LogP contribution >= 0.6 is 0 Å². The molecule has 1 saturated heterocycles. The maximum Gasteiger partial charge on any atom is 0.295 e. The number of morpholine rings is 1. The molecule has 0 unspecified atom stereocenters. The lowest BCUT2D eigenvalue weighted by Crippen LogP contribution is -2.36. The molecule has 1 fully saturated rings. The first-order valence-corrected chi connectivity index (χ1v) is 11.1. The summed E-state index contributed by atoms with van der Waals surface area (Å²) in [6.07, 6.45) is 0. The van der Waals surface area contributed by atoms with Gasteiger partial charge in [0.1, 0.15) is 5.69 Å². The molecule has 5 rings (SSSR count). The summed E-state index contributed by atoms with van der Waals surface area (Å²) in [7, 11) is 0. The molecule has 1 aliphatic rings. The molecule has 3 aromatic carbocycles. The summed E-state index contributed by atoms with van der Waals surface area (Å²) in [5, 5.41) is 36.2. The van der Waals surface area contributed by atoms with Crippen LogP contribution in [0, 0.1) is 32.8 Å². The van der Waals surface area contributed by atoms with Gasteiger partial charge in [0, 0.05) is 35.8 Å². The lowest BCUT2D eigenvalue weighted by atomic mass is 10.0. The molecule has 1 aromatic heterocycles. The Balaban J connectivity index is 1.81. The van der Waals surface area contributed by atoms with Gasteiger partial charge in [-0.3, -0.25) is 14.9 Å². The van der Waals surface area contributed by atoms with Crippen LogP contribution in [-0.4, -0.2) is 41.0 Å². The van der Waals surface area contributed by atoms with E-state index >= 15 is 0 Å². The van der Waals surface area contributed by atoms with Gasteiger partial charge in [-0.25, -0.2) is 0 Å². The zero-order valence-corrected chi connectivity index (χ0v) is 18.9. The predicted octanol–water partition coefficient (Wildman–Crippen LogP) is 3.54. The fourth-order valence-electron chi connectivity index (χ4n) is 4.31. The highest BCUT2D eigenvalue weighted by atomic mass is 16.6. The molecular weight excluding hydrogens is 460 g/mol. The topological polar surface area (TPSA) is 138 Å². The van der Waals surface area contributed by atoms with Crippen LogP contribution in [0.15, 0.2) is 65.5 Å². The minimum absolute atomic E-state index is 0.0259. The highest BCUT2D eigenvalue weighted by molar-refractivity contribution is 5.94. The number of nitro benzene ring substituents is 1. The minimum Gasteiger partial charge on any atom is -0.378 e. The smallest absolute Gasteiger partial charge is 0.295 e. The van der Waals surface area contributed by atoms with Crippen LogP contribution in [-0.2, 0) is 4.74 Å². The van der Waals surface area contributed by atoms with Gasteiger partial charge >= 0.3 is 0 Å². The highest BCUT2D eigenvalue weighted by Crippen LogP contribution is 2.31. The second kappa shape index (κ2) is 9.29. The van der Waals surface area contributed by atoms with E-state index in [0.717, 1.165) is 4.68 Å². The van der Waals surface area contributed by atoms with E-state index in [1.54, 1.807) is 48.5 Å². The van der Waals surface area contributed by atoms with Crippen LogP contribution in [0.3, 0.4) is 0 Å². The van der Waals surface area contributed by atoms with E-state index in [1.807, 2.05) is 17.0 Å². The molecular formula is C26H18N6O4. The van der Waals surface area contributed by atoms with Gasteiger partial charge in [0.2, 0.25) is 0 Å². The van der Waals surface area contributed by atoms with Crippen LogP contribution < -0.4 is 10.5 Å². The summed E-state index contributed by atoms with van der Waals surface area (Å²) in [5.74, 6) is 0. The summed E-state index contributed by atoms with van der Waals surface area (Å²) in [5.41, 5.74) is 1.23. The number of anilines is 1. The molecule has 1 aliphatic heterocycles. The number of rotatable bonds is 4. The standard InChI is InChI=1S/C26H18N6O4/c27-15-17-11-18(16-28)13-19(12-17)25-21-3-1-2-4-22(21)26(33)31(29-25)24-14-20(5-6-23(24)32(34)35)30-7-9-36-10-8-30/h1-6,11-14H,7-10H2.